The van der Waals surface area contributed by atoms with Gasteiger partial charge < -0.3 is 14.9 Å². The van der Waals surface area contributed by atoms with Gasteiger partial charge in [0, 0.05) is 38.4 Å². The Hall–Kier alpha value is -1.62. The first-order chi connectivity index (χ1) is 8.83. The number of hydrogen-bond acceptors (Lipinski definition) is 3. The lowest BCUT2D eigenvalue weighted by Gasteiger charge is -2.07. The van der Waals surface area contributed by atoms with Crippen LogP contribution in [0.2, 0.25) is 0 Å². The molecule has 0 fully saturated rings. The maximum absolute atomic E-state index is 5.48. The highest BCUT2D eigenvalue weighted by Crippen LogP contribution is 2.15. The molecule has 0 saturated heterocycles. The summed E-state index contributed by atoms with van der Waals surface area (Å²) in [4.78, 5) is 8.73. The van der Waals surface area contributed by atoms with Gasteiger partial charge in [-0.15, -0.1) is 0 Å². The molecule has 2 N–H and O–H groups in total. The van der Waals surface area contributed by atoms with Crippen molar-refractivity contribution < 1.29 is 0 Å². The molecule has 5 heteroatoms. The number of imidazole rings is 2. The van der Waals surface area contributed by atoms with Crippen molar-refractivity contribution in [1.82, 2.24) is 19.1 Å². The van der Waals surface area contributed by atoms with Gasteiger partial charge in [-0.2, -0.15) is 0 Å². The van der Waals surface area contributed by atoms with Crippen molar-refractivity contribution in [3.8, 4) is 11.6 Å². The van der Waals surface area contributed by atoms with E-state index in [1.165, 1.54) is 12.8 Å². The van der Waals surface area contributed by atoms with Crippen LogP contribution in [0.3, 0.4) is 0 Å². The van der Waals surface area contributed by atoms with Gasteiger partial charge in [0.2, 0.25) is 0 Å². The summed E-state index contributed by atoms with van der Waals surface area (Å²) in [6, 6.07) is 0. The van der Waals surface area contributed by atoms with E-state index in [4.69, 9.17) is 5.73 Å². The van der Waals surface area contributed by atoms with Crippen LogP contribution in [0.15, 0.2) is 24.8 Å². The Morgan fingerprint density at radius 3 is 2.44 bits per heavy atom. The molecule has 5 nitrogen and oxygen atoms in total. The van der Waals surface area contributed by atoms with Gasteiger partial charge in [0.05, 0.1) is 0 Å². The van der Waals surface area contributed by atoms with E-state index in [9.17, 15) is 0 Å². The summed E-state index contributed by atoms with van der Waals surface area (Å²) in [5.41, 5.74) is 5.48. The summed E-state index contributed by atoms with van der Waals surface area (Å²) < 4.78 is 4.16. The highest BCUT2D eigenvalue weighted by molar-refractivity contribution is 5.44. The van der Waals surface area contributed by atoms with Gasteiger partial charge in [-0.3, -0.25) is 0 Å². The maximum atomic E-state index is 5.48. The van der Waals surface area contributed by atoms with Crippen molar-refractivity contribution in [3.63, 3.8) is 0 Å². The summed E-state index contributed by atoms with van der Waals surface area (Å²) in [5, 5.41) is 0. The number of aryl methyl sites for hydroxylation is 2. The Bertz CT molecular complexity index is 471. The van der Waals surface area contributed by atoms with E-state index in [-0.39, 0.29) is 0 Å². The first kappa shape index (κ1) is 12.8. The normalized spacial score (nSPS) is 11.0. The number of rotatable bonds is 7. The molecule has 0 unspecified atom stereocenters. The number of aromatic nitrogens is 4. The molecule has 2 aromatic heterocycles. The van der Waals surface area contributed by atoms with Crippen LogP contribution in [-0.2, 0) is 13.6 Å². The van der Waals surface area contributed by atoms with Crippen molar-refractivity contribution in [2.75, 3.05) is 6.54 Å². The van der Waals surface area contributed by atoms with Gasteiger partial charge in [0.15, 0.2) is 11.6 Å². The van der Waals surface area contributed by atoms with Crippen molar-refractivity contribution in [2.45, 2.75) is 32.2 Å². The maximum Gasteiger partial charge on any atom is 0.176 e. The lowest BCUT2D eigenvalue weighted by Crippen LogP contribution is -2.04. The lowest BCUT2D eigenvalue weighted by molar-refractivity contribution is 0.576. The van der Waals surface area contributed by atoms with Crippen molar-refractivity contribution in [3.05, 3.63) is 24.8 Å². The molecular formula is C13H21N5. The Morgan fingerprint density at radius 1 is 1.00 bits per heavy atom. The van der Waals surface area contributed by atoms with Crippen LogP contribution in [0.25, 0.3) is 11.6 Å². The van der Waals surface area contributed by atoms with Crippen molar-refractivity contribution >= 4 is 0 Å². The highest BCUT2D eigenvalue weighted by atomic mass is 15.1. The van der Waals surface area contributed by atoms with Gasteiger partial charge in [-0.05, 0) is 19.4 Å². The molecule has 0 amide bonds. The highest BCUT2D eigenvalue weighted by Gasteiger charge is 2.09. The van der Waals surface area contributed by atoms with Crippen LogP contribution in [0.4, 0.5) is 0 Å². The average molecular weight is 247 g/mol. The fraction of sp³-hybridized carbons (Fsp3) is 0.538. The monoisotopic (exact) mass is 247 g/mol. The first-order valence-corrected chi connectivity index (χ1v) is 6.52. The third kappa shape index (κ3) is 2.98. The van der Waals surface area contributed by atoms with E-state index >= 15 is 0 Å². The molecule has 98 valence electrons. The molecule has 18 heavy (non-hydrogen) atoms. The van der Waals surface area contributed by atoms with E-state index in [1.54, 1.807) is 6.20 Å². The summed E-state index contributed by atoms with van der Waals surface area (Å²) in [6.07, 6.45) is 12.3. The van der Waals surface area contributed by atoms with E-state index < -0.39 is 0 Å². The summed E-state index contributed by atoms with van der Waals surface area (Å²) >= 11 is 0. The zero-order valence-electron chi connectivity index (χ0n) is 10.9. The molecule has 2 aromatic rings. The second-order valence-corrected chi connectivity index (χ2v) is 4.51. The fourth-order valence-corrected chi connectivity index (χ4v) is 2.06. The third-order valence-electron chi connectivity index (χ3n) is 3.09. The van der Waals surface area contributed by atoms with Gasteiger partial charge in [-0.1, -0.05) is 12.8 Å². The molecule has 0 saturated carbocycles. The van der Waals surface area contributed by atoms with Gasteiger partial charge in [0.1, 0.15) is 0 Å². The van der Waals surface area contributed by atoms with Gasteiger partial charge in [0.25, 0.3) is 0 Å². The van der Waals surface area contributed by atoms with Crippen molar-refractivity contribution in [2.24, 2.45) is 12.8 Å². The molecule has 0 aliphatic heterocycles. The largest absolute Gasteiger partial charge is 0.331 e. The molecule has 0 bridgehead atoms. The van der Waals surface area contributed by atoms with Crippen LogP contribution < -0.4 is 5.73 Å². The lowest BCUT2D eigenvalue weighted by atomic mass is 10.2. The Kier molecular flexibility index (Phi) is 4.52. The molecule has 0 radical (unpaired) electrons. The minimum Gasteiger partial charge on any atom is -0.331 e. The number of hydrogen-bond donors (Lipinski definition) is 1. The predicted octanol–water partition coefficient (Wildman–Crippen LogP) is 1.80. The molecule has 0 atom stereocenters. The number of nitrogens with two attached hydrogens (primary N) is 1. The molecule has 2 heterocycles. The average Bonchev–Trinajstić information content (AvgIpc) is 2.97. The predicted molar refractivity (Wildman–Crippen MR) is 72.0 cm³/mol. The van der Waals surface area contributed by atoms with Crippen molar-refractivity contribution in [1.29, 1.82) is 0 Å². The molecule has 2 rings (SSSR count). The van der Waals surface area contributed by atoms with Crippen LogP contribution in [0, 0.1) is 0 Å². The van der Waals surface area contributed by atoms with E-state index in [2.05, 4.69) is 14.5 Å². The third-order valence-corrected chi connectivity index (χ3v) is 3.09. The van der Waals surface area contributed by atoms with E-state index in [1.807, 2.05) is 30.2 Å². The molecule has 0 spiro atoms. The van der Waals surface area contributed by atoms with Gasteiger partial charge in [-0.25, -0.2) is 9.97 Å². The zero-order chi connectivity index (χ0) is 12.8. The molecule has 0 aliphatic rings. The van der Waals surface area contributed by atoms with Crippen LogP contribution in [-0.4, -0.2) is 25.6 Å². The zero-order valence-corrected chi connectivity index (χ0v) is 10.9. The smallest absolute Gasteiger partial charge is 0.176 e. The van der Waals surface area contributed by atoms with Crippen LogP contribution in [0.1, 0.15) is 25.7 Å². The summed E-state index contributed by atoms with van der Waals surface area (Å²) in [5.74, 6) is 1.86. The number of unbranched alkanes of at least 4 members (excludes halogenated alkanes) is 3. The first-order valence-electron chi connectivity index (χ1n) is 6.52. The number of nitrogens with zero attached hydrogens (tertiary/aromatic N) is 4. The second kappa shape index (κ2) is 6.35. The quantitative estimate of drug-likeness (QED) is 0.759. The summed E-state index contributed by atoms with van der Waals surface area (Å²) in [7, 11) is 1.99. The Balaban J connectivity index is 1.94. The van der Waals surface area contributed by atoms with E-state index in [0.717, 1.165) is 37.6 Å². The van der Waals surface area contributed by atoms with E-state index in [0.29, 0.717) is 0 Å². The van der Waals surface area contributed by atoms with Crippen LogP contribution >= 0.6 is 0 Å². The van der Waals surface area contributed by atoms with Crippen LogP contribution in [0.5, 0.6) is 0 Å². The second-order valence-electron chi connectivity index (χ2n) is 4.51. The van der Waals surface area contributed by atoms with Gasteiger partial charge >= 0.3 is 0 Å². The summed E-state index contributed by atoms with van der Waals surface area (Å²) in [6.45, 7) is 1.79. The Labute approximate surface area is 108 Å². The Morgan fingerprint density at radius 2 is 1.72 bits per heavy atom. The minimum absolute atomic E-state index is 0.795. The standard InChI is InChI=1S/C13H21N5/c1-17-10-7-15-12(17)13-16-8-11-18(13)9-5-3-2-4-6-14/h7-8,10-11H,2-6,9,14H2,1H3. The minimum atomic E-state index is 0.795. The molecular weight excluding hydrogens is 226 g/mol. The topological polar surface area (TPSA) is 61.7 Å². The molecule has 0 aliphatic carbocycles. The molecule has 0 aromatic carbocycles. The fourth-order valence-electron chi connectivity index (χ4n) is 2.06. The SMILES string of the molecule is Cn1ccnc1-c1nccn1CCCCCCN.